The molecule has 0 saturated carbocycles. The molecular weight excluding hydrogens is 276 g/mol. The standard InChI is InChI=1S/C14H10N2O5/c1-20-9-3-5-13-11(7-9)15-14(17)10-6-8(16(18)19)2-4-12(10)21-13/h2-7H,1H3,(H,15,17). The third-order valence-electron chi connectivity index (χ3n) is 3.07. The summed E-state index contributed by atoms with van der Waals surface area (Å²) < 4.78 is 10.7. The highest BCUT2D eigenvalue weighted by atomic mass is 16.6. The fraction of sp³-hybridized carbons (Fsp3) is 0.0714. The average molecular weight is 286 g/mol. The second-order valence-electron chi connectivity index (χ2n) is 4.36. The van der Waals surface area contributed by atoms with Crippen LogP contribution in [0.15, 0.2) is 36.4 Å². The van der Waals surface area contributed by atoms with Crippen LogP contribution in [0.25, 0.3) is 0 Å². The van der Waals surface area contributed by atoms with Crippen LogP contribution in [0.3, 0.4) is 0 Å². The lowest BCUT2D eigenvalue weighted by atomic mass is 10.1. The Hall–Kier alpha value is -3.09. The summed E-state index contributed by atoms with van der Waals surface area (Å²) in [7, 11) is 1.51. The molecule has 2 aromatic carbocycles. The van der Waals surface area contributed by atoms with Gasteiger partial charge in [-0.15, -0.1) is 0 Å². The molecular formula is C14H10N2O5. The third kappa shape index (κ3) is 2.25. The molecule has 7 heteroatoms. The Balaban J connectivity index is 2.09. The summed E-state index contributed by atoms with van der Waals surface area (Å²) in [5.74, 6) is 0.800. The predicted molar refractivity (Wildman–Crippen MR) is 74.1 cm³/mol. The van der Waals surface area contributed by atoms with E-state index in [1.165, 1.54) is 25.3 Å². The number of nitro benzene ring substituents is 1. The smallest absolute Gasteiger partial charge is 0.270 e. The number of non-ortho nitro benzene ring substituents is 1. The van der Waals surface area contributed by atoms with Crippen molar-refractivity contribution >= 4 is 17.3 Å². The van der Waals surface area contributed by atoms with Crippen LogP contribution in [0.5, 0.6) is 17.2 Å². The molecule has 1 heterocycles. The lowest BCUT2D eigenvalue weighted by Gasteiger charge is -2.08. The second-order valence-corrected chi connectivity index (χ2v) is 4.36. The van der Waals surface area contributed by atoms with Crippen molar-refractivity contribution in [2.75, 3.05) is 12.4 Å². The average Bonchev–Trinajstić information content (AvgIpc) is 2.61. The summed E-state index contributed by atoms with van der Waals surface area (Å²) >= 11 is 0. The van der Waals surface area contributed by atoms with Gasteiger partial charge in [0.25, 0.3) is 11.6 Å². The number of nitrogens with one attached hydrogen (secondary N) is 1. The quantitative estimate of drug-likeness (QED) is 0.677. The minimum Gasteiger partial charge on any atom is -0.497 e. The van der Waals surface area contributed by atoms with Gasteiger partial charge in [-0.05, 0) is 18.2 Å². The van der Waals surface area contributed by atoms with Gasteiger partial charge in [-0.25, -0.2) is 0 Å². The largest absolute Gasteiger partial charge is 0.497 e. The van der Waals surface area contributed by atoms with Crippen molar-refractivity contribution in [3.05, 3.63) is 52.1 Å². The number of nitro groups is 1. The van der Waals surface area contributed by atoms with Gasteiger partial charge in [0.15, 0.2) is 5.75 Å². The fourth-order valence-corrected chi connectivity index (χ4v) is 2.03. The molecule has 1 aliphatic rings. The highest BCUT2D eigenvalue weighted by Gasteiger charge is 2.23. The monoisotopic (exact) mass is 286 g/mol. The number of hydrogen-bond donors (Lipinski definition) is 1. The molecule has 7 nitrogen and oxygen atoms in total. The van der Waals surface area contributed by atoms with E-state index in [1.54, 1.807) is 18.2 Å². The van der Waals surface area contributed by atoms with Gasteiger partial charge in [0, 0.05) is 18.2 Å². The van der Waals surface area contributed by atoms with E-state index in [1.807, 2.05) is 0 Å². The molecule has 0 aliphatic carbocycles. The zero-order valence-corrected chi connectivity index (χ0v) is 11.0. The first-order valence-electron chi connectivity index (χ1n) is 6.04. The van der Waals surface area contributed by atoms with Gasteiger partial charge in [-0.2, -0.15) is 0 Å². The number of amides is 1. The van der Waals surface area contributed by atoms with Crippen LogP contribution in [0.2, 0.25) is 0 Å². The Morgan fingerprint density at radius 3 is 2.67 bits per heavy atom. The second kappa shape index (κ2) is 4.78. The Morgan fingerprint density at radius 2 is 1.95 bits per heavy atom. The number of fused-ring (bicyclic) bond motifs is 2. The number of rotatable bonds is 2. The SMILES string of the molecule is COc1ccc2c(c1)NC(=O)c1cc([N+](=O)[O-])ccc1O2. The number of hydrogen-bond acceptors (Lipinski definition) is 5. The van der Waals surface area contributed by atoms with Crippen LogP contribution < -0.4 is 14.8 Å². The summed E-state index contributed by atoms with van der Waals surface area (Å²) in [6.45, 7) is 0. The van der Waals surface area contributed by atoms with Gasteiger partial charge in [0.2, 0.25) is 0 Å². The molecule has 1 amide bonds. The summed E-state index contributed by atoms with van der Waals surface area (Å²) in [5, 5.41) is 13.5. The Morgan fingerprint density at radius 1 is 1.19 bits per heavy atom. The molecule has 0 aromatic heterocycles. The van der Waals surface area contributed by atoms with Gasteiger partial charge in [0.05, 0.1) is 23.3 Å². The van der Waals surface area contributed by atoms with Crippen molar-refractivity contribution in [1.29, 1.82) is 0 Å². The van der Waals surface area contributed by atoms with Gasteiger partial charge >= 0.3 is 0 Å². The van der Waals surface area contributed by atoms with Crippen molar-refractivity contribution in [3.8, 4) is 17.2 Å². The summed E-state index contributed by atoms with van der Waals surface area (Å²) in [6, 6.07) is 8.86. The number of ether oxygens (including phenoxy) is 2. The normalized spacial score (nSPS) is 12.3. The molecule has 1 N–H and O–H groups in total. The maximum Gasteiger partial charge on any atom is 0.270 e. The molecule has 0 spiro atoms. The van der Waals surface area contributed by atoms with Crippen molar-refractivity contribution in [2.24, 2.45) is 0 Å². The minimum absolute atomic E-state index is 0.111. The summed E-state index contributed by atoms with van der Waals surface area (Å²) in [5.41, 5.74) is 0.383. The number of nitrogens with zero attached hydrogens (tertiary/aromatic N) is 1. The van der Waals surface area contributed by atoms with E-state index in [4.69, 9.17) is 9.47 Å². The fourth-order valence-electron chi connectivity index (χ4n) is 2.03. The first-order chi connectivity index (χ1) is 10.1. The number of methoxy groups -OCH3 is 1. The maximum absolute atomic E-state index is 12.2. The molecule has 0 unspecified atom stereocenters. The lowest BCUT2D eigenvalue weighted by molar-refractivity contribution is -0.384. The molecule has 0 atom stereocenters. The molecule has 0 saturated heterocycles. The molecule has 0 fully saturated rings. The van der Waals surface area contributed by atoms with Crippen LogP contribution in [0.4, 0.5) is 11.4 Å². The van der Waals surface area contributed by atoms with Gasteiger partial charge in [0.1, 0.15) is 11.5 Å². The van der Waals surface area contributed by atoms with Crippen molar-refractivity contribution in [2.45, 2.75) is 0 Å². The van der Waals surface area contributed by atoms with E-state index in [0.717, 1.165) is 0 Å². The van der Waals surface area contributed by atoms with Crippen LogP contribution in [0, 0.1) is 10.1 Å². The van der Waals surface area contributed by atoms with Crippen molar-refractivity contribution in [1.82, 2.24) is 0 Å². The summed E-state index contributed by atoms with van der Waals surface area (Å²) in [4.78, 5) is 22.4. The molecule has 0 radical (unpaired) electrons. The van der Waals surface area contributed by atoms with E-state index in [0.29, 0.717) is 17.2 Å². The number of carbonyl (C=O) groups excluding carboxylic acids is 1. The van der Waals surface area contributed by atoms with E-state index in [9.17, 15) is 14.9 Å². The molecule has 2 aromatic rings. The highest BCUT2D eigenvalue weighted by Crippen LogP contribution is 2.38. The van der Waals surface area contributed by atoms with Crippen LogP contribution in [0.1, 0.15) is 10.4 Å². The number of benzene rings is 2. The van der Waals surface area contributed by atoms with Gasteiger partial charge in [-0.3, -0.25) is 14.9 Å². The van der Waals surface area contributed by atoms with E-state index >= 15 is 0 Å². The zero-order valence-electron chi connectivity index (χ0n) is 11.0. The number of anilines is 1. The highest BCUT2D eigenvalue weighted by molar-refractivity contribution is 6.08. The third-order valence-corrected chi connectivity index (χ3v) is 3.07. The molecule has 21 heavy (non-hydrogen) atoms. The zero-order chi connectivity index (χ0) is 15.0. The van der Waals surface area contributed by atoms with E-state index < -0.39 is 10.8 Å². The van der Waals surface area contributed by atoms with Crippen molar-refractivity contribution < 1.29 is 19.2 Å². The number of carbonyl (C=O) groups is 1. The Bertz CT molecular complexity index is 757. The van der Waals surface area contributed by atoms with Crippen LogP contribution in [-0.2, 0) is 0 Å². The molecule has 106 valence electrons. The predicted octanol–water partition coefficient (Wildman–Crippen LogP) is 2.96. The van der Waals surface area contributed by atoms with E-state index in [-0.39, 0.29) is 17.0 Å². The minimum atomic E-state index is -0.561. The lowest BCUT2D eigenvalue weighted by Crippen LogP contribution is -2.10. The Kier molecular flexibility index (Phi) is 2.94. The van der Waals surface area contributed by atoms with Crippen LogP contribution in [-0.4, -0.2) is 17.9 Å². The van der Waals surface area contributed by atoms with Gasteiger partial charge in [-0.1, -0.05) is 0 Å². The van der Waals surface area contributed by atoms with Crippen LogP contribution >= 0.6 is 0 Å². The molecule has 1 aliphatic heterocycles. The van der Waals surface area contributed by atoms with E-state index in [2.05, 4.69) is 5.32 Å². The molecule has 0 bridgehead atoms. The summed E-state index contributed by atoms with van der Waals surface area (Å²) in [6.07, 6.45) is 0. The first kappa shape index (κ1) is 12.9. The van der Waals surface area contributed by atoms with Gasteiger partial charge < -0.3 is 14.8 Å². The first-order valence-corrected chi connectivity index (χ1v) is 6.04. The molecule has 3 rings (SSSR count). The topological polar surface area (TPSA) is 90.7 Å². The Labute approximate surface area is 119 Å². The van der Waals surface area contributed by atoms with Crippen molar-refractivity contribution in [3.63, 3.8) is 0 Å². The maximum atomic E-state index is 12.2.